The Bertz CT molecular complexity index is 452. The quantitative estimate of drug-likeness (QED) is 0.768. The smallest absolute Gasteiger partial charge is 0.237 e. The van der Waals surface area contributed by atoms with Crippen molar-refractivity contribution in [3.8, 4) is 5.75 Å². The van der Waals surface area contributed by atoms with Crippen molar-refractivity contribution in [2.45, 2.75) is 52.1 Å². The molecule has 4 nitrogen and oxygen atoms in total. The molecule has 0 aliphatic heterocycles. The Balaban J connectivity index is 0.00000441. The minimum Gasteiger partial charge on any atom is -0.496 e. The van der Waals surface area contributed by atoms with Crippen LogP contribution in [0.1, 0.15) is 51.6 Å². The molecule has 3 N–H and O–H groups in total. The van der Waals surface area contributed by atoms with Crippen molar-refractivity contribution in [3.63, 3.8) is 0 Å². The van der Waals surface area contributed by atoms with E-state index in [1.807, 2.05) is 31.2 Å². The Labute approximate surface area is 140 Å². The molecule has 0 fully saturated rings. The Hall–Kier alpha value is -1.26. The molecule has 0 aliphatic carbocycles. The van der Waals surface area contributed by atoms with Crippen molar-refractivity contribution < 1.29 is 9.53 Å². The first kappa shape index (κ1) is 20.7. The van der Waals surface area contributed by atoms with E-state index in [-0.39, 0.29) is 24.4 Å². The fourth-order valence-electron chi connectivity index (χ4n) is 2.41. The third kappa shape index (κ3) is 6.24. The van der Waals surface area contributed by atoms with Crippen molar-refractivity contribution in [1.29, 1.82) is 0 Å². The molecule has 0 saturated heterocycles. The van der Waals surface area contributed by atoms with Gasteiger partial charge in [-0.25, -0.2) is 0 Å². The molecule has 1 aromatic rings. The third-order valence-electron chi connectivity index (χ3n) is 3.47. The van der Waals surface area contributed by atoms with Crippen LogP contribution in [0.5, 0.6) is 5.75 Å². The first-order valence-corrected chi connectivity index (χ1v) is 7.68. The highest BCUT2D eigenvalue weighted by Crippen LogP contribution is 2.29. The largest absolute Gasteiger partial charge is 0.496 e. The topological polar surface area (TPSA) is 64.4 Å². The number of benzene rings is 1. The van der Waals surface area contributed by atoms with Gasteiger partial charge in [-0.3, -0.25) is 4.79 Å². The summed E-state index contributed by atoms with van der Waals surface area (Å²) in [5.74, 6) is 1.17. The first-order chi connectivity index (χ1) is 9.99. The molecule has 1 amide bonds. The summed E-state index contributed by atoms with van der Waals surface area (Å²) in [6.07, 6.45) is 2.45. The molecule has 0 heterocycles. The lowest BCUT2D eigenvalue weighted by Crippen LogP contribution is -2.42. The third-order valence-corrected chi connectivity index (χ3v) is 3.47. The first-order valence-electron chi connectivity index (χ1n) is 7.68. The Kier molecular flexibility index (Phi) is 9.86. The highest BCUT2D eigenvalue weighted by molar-refractivity contribution is 5.85. The highest BCUT2D eigenvalue weighted by atomic mass is 35.5. The number of halogens is 1. The number of nitrogens with one attached hydrogen (secondary N) is 1. The van der Waals surface area contributed by atoms with Crippen molar-refractivity contribution >= 4 is 18.3 Å². The molecule has 22 heavy (non-hydrogen) atoms. The number of hydrogen-bond acceptors (Lipinski definition) is 3. The maximum Gasteiger partial charge on any atom is 0.237 e. The lowest BCUT2D eigenvalue weighted by Gasteiger charge is -2.24. The summed E-state index contributed by atoms with van der Waals surface area (Å²) >= 11 is 0. The number of methoxy groups -OCH3 is 1. The number of ether oxygens (including phenoxy) is 1. The van der Waals surface area contributed by atoms with Crippen LogP contribution in [0.15, 0.2) is 24.3 Å². The molecule has 2 atom stereocenters. The second kappa shape index (κ2) is 10.5. The Morgan fingerprint density at radius 2 is 1.95 bits per heavy atom. The van der Waals surface area contributed by atoms with Crippen LogP contribution in [0.3, 0.4) is 0 Å². The summed E-state index contributed by atoms with van der Waals surface area (Å²) in [4.78, 5) is 12.2. The van der Waals surface area contributed by atoms with Crippen molar-refractivity contribution in [2.24, 2.45) is 11.7 Å². The standard InChI is InChI=1S/C17H28N2O2.ClH/c1-5-8-14(18)17(20)19-15(11-12(2)3)13-9-6-7-10-16(13)21-4;/h6-7,9-10,12,14-15H,5,8,11,18H2,1-4H3,(H,19,20);1H. The normalized spacial score (nSPS) is 13.2. The summed E-state index contributed by atoms with van der Waals surface area (Å²) < 4.78 is 5.41. The molecule has 0 saturated carbocycles. The number of hydrogen-bond donors (Lipinski definition) is 2. The van der Waals surface area contributed by atoms with E-state index in [1.165, 1.54) is 0 Å². The van der Waals surface area contributed by atoms with Crippen LogP contribution in [0.4, 0.5) is 0 Å². The summed E-state index contributed by atoms with van der Waals surface area (Å²) in [7, 11) is 1.65. The molecular weight excluding hydrogens is 300 g/mol. The molecule has 0 aliphatic rings. The van der Waals surface area contributed by atoms with Crippen molar-refractivity contribution in [2.75, 3.05) is 7.11 Å². The summed E-state index contributed by atoms with van der Waals surface area (Å²) in [6, 6.07) is 7.29. The molecule has 0 aromatic heterocycles. The molecule has 0 spiro atoms. The summed E-state index contributed by atoms with van der Waals surface area (Å²) in [6.45, 7) is 6.31. The SMILES string of the molecule is CCCC(N)C(=O)NC(CC(C)C)c1ccccc1OC.Cl. The zero-order valence-electron chi connectivity index (χ0n) is 14.0. The number of carbonyl (C=O) groups excluding carboxylic acids is 1. The molecule has 1 rings (SSSR count). The van der Waals surface area contributed by atoms with Gasteiger partial charge in [0.1, 0.15) is 5.75 Å². The molecule has 5 heteroatoms. The maximum absolute atomic E-state index is 12.2. The van der Waals surface area contributed by atoms with E-state index in [0.717, 1.165) is 24.2 Å². The number of carbonyl (C=O) groups is 1. The van der Waals surface area contributed by atoms with E-state index in [4.69, 9.17) is 10.5 Å². The van der Waals surface area contributed by atoms with Crippen LogP contribution in [0.2, 0.25) is 0 Å². The monoisotopic (exact) mass is 328 g/mol. The van der Waals surface area contributed by atoms with Gasteiger partial charge in [-0.05, 0) is 24.8 Å². The van der Waals surface area contributed by atoms with E-state index in [0.29, 0.717) is 12.3 Å². The molecule has 0 bridgehead atoms. The van der Waals surface area contributed by atoms with Gasteiger partial charge in [-0.1, -0.05) is 45.4 Å². The fraction of sp³-hybridized carbons (Fsp3) is 0.588. The van der Waals surface area contributed by atoms with E-state index in [9.17, 15) is 4.79 Å². The predicted octanol–water partition coefficient (Wildman–Crippen LogP) is 3.45. The van der Waals surface area contributed by atoms with Gasteiger partial charge in [0.15, 0.2) is 0 Å². The van der Waals surface area contributed by atoms with Gasteiger partial charge in [-0.15, -0.1) is 12.4 Å². The zero-order valence-corrected chi connectivity index (χ0v) is 14.8. The van der Waals surface area contributed by atoms with E-state index in [2.05, 4.69) is 19.2 Å². The second-order valence-electron chi connectivity index (χ2n) is 5.83. The van der Waals surface area contributed by atoms with Gasteiger partial charge in [0.05, 0.1) is 19.2 Å². The van der Waals surface area contributed by atoms with Crippen LogP contribution >= 0.6 is 12.4 Å². The van der Waals surface area contributed by atoms with Crippen LogP contribution in [-0.2, 0) is 4.79 Å². The molecular formula is C17H29ClN2O2. The lowest BCUT2D eigenvalue weighted by atomic mass is 9.95. The summed E-state index contributed by atoms with van der Waals surface area (Å²) in [5.41, 5.74) is 6.92. The molecule has 2 unspecified atom stereocenters. The summed E-state index contributed by atoms with van der Waals surface area (Å²) in [5, 5.41) is 3.08. The van der Waals surface area contributed by atoms with Crippen LogP contribution in [-0.4, -0.2) is 19.1 Å². The number of para-hydroxylation sites is 1. The van der Waals surface area contributed by atoms with Gasteiger partial charge in [0, 0.05) is 5.56 Å². The van der Waals surface area contributed by atoms with Gasteiger partial charge in [0.2, 0.25) is 5.91 Å². The minimum absolute atomic E-state index is 0. The van der Waals surface area contributed by atoms with E-state index < -0.39 is 6.04 Å². The van der Waals surface area contributed by atoms with Crippen molar-refractivity contribution in [3.05, 3.63) is 29.8 Å². The Morgan fingerprint density at radius 1 is 1.32 bits per heavy atom. The van der Waals surface area contributed by atoms with E-state index >= 15 is 0 Å². The van der Waals surface area contributed by atoms with Gasteiger partial charge < -0.3 is 15.8 Å². The number of rotatable bonds is 8. The van der Waals surface area contributed by atoms with Crippen LogP contribution in [0.25, 0.3) is 0 Å². The lowest BCUT2D eigenvalue weighted by molar-refractivity contribution is -0.123. The van der Waals surface area contributed by atoms with Gasteiger partial charge in [0.25, 0.3) is 0 Å². The number of amides is 1. The maximum atomic E-state index is 12.2. The van der Waals surface area contributed by atoms with Crippen molar-refractivity contribution in [1.82, 2.24) is 5.32 Å². The average molecular weight is 329 g/mol. The number of nitrogens with two attached hydrogens (primary N) is 1. The second-order valence-corrected chi connectivity index (χ2v) is 5.83. The van der Waals surface area contributed by atoms with E-state index in [1.54, 1.807) is 7.11 Å². The predicted molar refractivity (Wildman–Crippen MR) is 93.5 cm³/mol. The van der Waals surface area contributed by atoms with Gasteiger partial charge in [-0.2, -0.15) is 0 Å². The zero-order chi connectivity index (χ0) is 15.8. The fourth-order valence-corrected chi connectivity index (χ4v) is 2.41. The highest BCUT2D eigenvalue weighted by Gasteiger charge is 2.22. The van der Waals surface area contributed by atoms with Crippen LogP contribution < -0.4 is 15.8 Å². The minimum atomic E-state index is -0.445. The van der Waals surface area contributed by atoms with Crippen LogP contribution in [0, 0.1) is 5.92 Å². The molecule has 0 radical (unpaired) electrons. The Morgan fingerprint density at radius 3 is 2.50 bits per heavy atom. The molecule has 1 aromatic carbocycles. The van der Waals surface area contributed by atoms with Gasteiger partial charge >= 0.3 is 0 Å². The molecule has 126 valence electrons. The average Bonchev–Trinajstić information content (AvgIpc) is 2.46.